The third kappa shape index (κ3) is 2.79. The monoisotopic (exact) mass is 380 g/mol. The van der Waals surface area contributed by atoms with Crippen LogP contribution in [0.15, 0.2) is 53.1 Å². The van der Waals surface area contributed by atoms with E-state index in [-0.39, 0.29) is 18.5 Å². The van der Waals surface area contributed by atoms with E-state index in [0.717, 1.165) is 5.56 Å². The van der Waals surface area contributed by atoms with Crippen LogP contribution >= 0.6 is 0 Å². The minimum absolute atomic E-state index is 0.112. The summed E-state index contributed by atoms with van der Waals surface area (Å²) in [5.74, 6) is 1.21. The molecule has 1 N–H and O–H groups in total. The number of nitrogens with one attached hydrogen (secondary N) is 1. The Morgan fingerprint density at radius 1 is 1.11 bits per heavy atom. The molecule has 1 amide bonds. The van der Waals surface area contributed by atoms with E-state index in [9.17, 15) is 9.18 Å². The van der Waals surface area contributed by atoms with E-state index in [1.165, 1.54) is 6.07 Å². The van der Waals surface area contributed by atoms with Gasteiger partial charge in [0, 0.05) is 12.6 Å². The molecule has 0 atom stereocenters. The van der Waals surface area contributed by atoms with Gasteiger partial charge in [0.05, 0.1) is 16.7 Å². The fraction of sp³-hybridized carbons (Fsp3) is 0.238. The van der Waals surface area contributed by atoms with Crippen molar-refractivity contribution >= 4 is 5.91 Å². The smallest absolute Gasteiger partial charge is 0.232 e. The minimum Gasteiger partial charge on any atom is -0.454 e. The summed E-state index contributed by atoms with van der Waals surface area (Å²) < 4.78 is 29.9. The van der Waals surface area contributed by atoms with Crippen molar-refractivity contribution in [2.24, 2.45) is 0 Å². The van der Waals surface area contributed by atoms with Gasteiger partial charge in [0.25, 0.3) is 0 Å². The molecule has 6 nitrogen and oxygen atoms in total. The molecule has 1 aliphatic carbocycles. The number of hydrogen-bond acceptors (Lipinski definition) is 5. The van der Waals surface area contributed by atoms with Gasteiger partial charge in [-0.15, -0.1) is 0 Å². The molecule has 7 heteroatoms. The molecule has 1 aliphatic heterocycles. The number of benzene rings is 2. The van der Waals surface area contributed by atoms with Crippen LogP contribution in [0.5, 0.6) is 11.5 Å². The second kappa shape index (κ2) is 6.37. The summed E-state index contributed by atoms with van der Waals surface area (Å²) in [7, 11) is 0. The van der Waals surface area contributed by atoms with E-state index >= 15 is 0 Å². The zero-order valence-electron chi connectivity index (χ0n) is 14.9. The second-order valence-electron chi connectivity index (χ2n) is 7.01. The maximum Gasteiger partial charge on any atom is 0.232 e. The molecule has 2 heterocycles. The van der Waals surface area contributed by atoms with E-state index in [0.29, 0.717) is 47.9 Å². The maximum absolute atomic E-state index is 14.0. The van der Waals surface area contributed by atoms with E-state index in [4.69, 9.17) is 14.0 Å². The number of carbonyl (C=O) groups excluding carboxylic acids is 1. The van der Waals surface area contributed by atoms with Gasteiger partial charge in [0.1, 0.15) is 5.82 Å². The Bertz CT molecular complexity index is 1060. The third-order valence-corrected chi connectivity index (χ3v) is 5.21. The second-order valence-corrected chi connectivity index (χ2v) is 7.01. The fourth-order valence-corrected chi connectivity index (χ4v) is 3.42. The Hall–Kier alpha value is -3.35. The van der Waals surface area contributed by atoms with Crippen LogP contribution in [0.4, 0.5) is 4.39 Å². The lowest BCUT2D eigenvalue weighted by Crippen LogP contribution is -2.34. The number of carbonyl (C=O) groups is 1. The lowest BCUT2D eigenvalue weighted by Gasteiger charge is -2.12. The highest BCUT2D eigenvalue weighted by atomic mass is 19.1. The molecular weight excluding hydrogens is 363 g/mol. The van der Waals surface area contributed by atoms with Gasteiger partial charge in [-0.3, -0.25) is 4.79 Å². The van der Waals surface area contributed by atoms with Crippen LogP contribution in [0, 0.1) is 5.82 Å². The first kappa shape index (κ1) is 16.8. The molecule has 5 rings (SSSR count). The molecule has 3 aromatic rings. The lowest BCUT2D eigenvalue weighted by atomic mass is 10.00. The number of nitrogens with zero attached hydrogens (tertiary/aromatic N) is 1. The first-order chi connectivity index (χ1) is 13.7. The Morgan fingerprint density at radius 2 is 1.93 bits per heavy atom. The fourth-order valence-electron chi connectivity index (χ4n) is 3.42. The number of amides is 1. The Kier molecular flexibility index (Phi) is 3.82. The molecule has 0 spiro atoms. The van der Waals surface area contributed by atoms with Crippen molar-refractivity contribution in [3.05, 3.63) is 65.6 Å². The summed E-state index contributed by atoms with van der Waals surface area (Å²) in [5.41, 5.74) is 1.08. The maximum atomic E-state index is 14.0. The van der Waals surface area contributed by atoms with Gasteiger partial charge in [0.15, 0.2) is 17.3 Å². The summed E-state index contributed by atoms with van der Waals surface area (Å²) in [5, 5.41) is 7.01. The summed E-state index contributed by atoms with van der Waals surface area (Å²) in [4.78, 5) is 12.8. The molecule has 0 radical (unpaired) electrons. The van der Waals surface area contributed by atoms with Crippen LogP contribution in [0.3, 0.4) is 0 Å². The molecule has 1 aromatic heterocycles. The normalized spacial score (nSPS) is 16.0. The number of fused-ring (bicyclic) bond motifs is 1. The van der Waals surface area contributed by atoms with Gasteiger partial charge in [-0.2, -0.15) is 0 Å². The zero-order chi connectivity index (χ0) is 19.1. The van der Waals surface area contributed by atoms with E-state index < -0.39 is 5.41 Å². The van der Waals surface area contributed by atoms with Gasteiger partial charge >= 0.3 is 0 Å². The number of halogens is 1. The first-order valence-corrected chi connectivity index (χ1v) is 9.05. The molecule has 2 aromatic carbocycles. The quantitative estimate of drug-likeness (QED) is 0.733. The van der Waals surface area contributed by atoms with E-state index in [1.807, 2.05) is 18.2 Å². The average Bonchev–Trinajstić information content (AvgIpc) is 3.14. The molecule has 142 valence electrons. The van der Waals surface area contributed by atoms with Crippen LogP contribution in [-0.4, -0.2) is 17.9 Å². The van der Waals surface area contributed by atoms with Crippen molar-refractivity contribution in [2.75, 3.05) is 6.79 Å². The van der Waals surface area contributed by atoms with Gasteiger partial charge in [0.2, 0.25) is 12.7 Å². The van der Waals surface area contributed by atoms with E-state index in [2.05, 4.69) is 10.5 Å². The highest BCUT2D eigenvalue weighted by molar-refractivity contribution is 5.91. The Balaban J connectivity index is 1.31. The number of ether oxygens (including phenoxy) is 2. The molecule has 2 aliphatic rings. The summed E-state index contributed by atoms with van der Waals surface area (Å²) in [6, 6.07) is 13.6. The lowest BCUT2D eigenvalue weighted by molar-refractivity contribution is -0.123. The summed E-state index contributed by atoms with van der Waals surface area (Å²) in [6.07, 6.45) is 1.37. The summed E-state index contributed by atoms with van der Waals surface area (Å²) >= 11 is 0. The molecule has 28 heavy (non-hydrogen) atoms. The van der Waals surface area contributed by atoms with Crippen LogP contribution in [0.25, 0.3) is 11.3 Å². The molecular formula is C21H17FN2O4. The molecule has 1 fully saturated rings. The van der Waals surface area contributed by atoms with Crippen molar-refractivity contribution in [1.29, 1.82) is 0 Å². The van der Waals surface area contributed by atoms with Crippen LogP contribution in [0.1, 0.15) is 24.1 Å². The highest BCUT2D eigenvalue weighted by Crippen LogP contribution is 2.48. The molecule has 0 bridgehead atoms. The van der Waals surface area contributed by atoms with Crippen LogP contribution < -0.4 is 14.8 Å². The third-order valence-electron chi connectivity index (χ3n) is 5.21. The van der Waals surface area contributed by atoms with Crippen molar-refractivity contribution < 1.29 is 23.2 Å². The van der Waals surface area contributed by atoms with Gasteiger partial charge < -0.3 is 19.3 Å². The average molecular weight is 380 g/mol. The zero-order valence-corrected chi connectivity index (χ0v) is 14.9. The topological polar surface area (TPSA) is 73.6 Å². The van der Waals surface area contributed by atoms with Crippen LogP contribution in [-0.2, 0) is 16.8 Å². The molecule has 0 saturated heterocycles. The van der Waals surface area contributed by atoms with Crippen molar-refractivity contribution in [3.8, 4) is 22.8 Å². The standard InChI is InChI=1S/C21H17FN2O4/c22-15-4-2-1-3-14(15)17-10-19(24-28-17)21(7-8-21)20(25)23-11-13-5-6-16-18(9-13)27-12-26-16/h1-6,9-10H,7-8,11-12H2,(H,23,25). The van der Waals surface area contributed by atoms with E-state index in [1.54, 1.807) is 24.3 Å². The Morgan fingerprint density at radius 3 is 2.75 bits per heavy atom. The Labute approximate surface area is 160 Å². The number of aromatic nitrogens is 1. The largest absolute Gasteiger partial charge is 0.454 e. The predicted octanol–water partition coefficient (Wildman–Crippen LogP) is 3.56. The SMILES string of the molecule is O=C(NCc1ccc2c(c1)OCO2)C1(c2cc(-c3ccccc3F)on2)CC1. The van der Waals surface area contributed by atoms with Gasteiger partial charge in [-0.25, -0.2) is 4.39 Å². The van der Waals surface area contributed by atoms with Crippen molar-refractivity contribution in [3.63, 3.8) is 0 Å². The van der Waals surface area contributed by atoms with Crippen LogP contribution in [0.2, 0.25) is 0 Å². The number of rotatable bonds is 5. The van der Waals surface area contributed by atoms with Gasteiger partial charge in [-0.1, -0.05) is 23.4 Å². The molecule has 1 saturated carbocycles. The summed E-state index contributed by atoms with van der Waals surface area (Å²) in [6.45, 7) is 0.583. The highest BCUT2D eigenvalue weighted by Gasteiger charge is 2.53. The number of hydrogen-bond donors (Lipinski definition) is 1. The van der Waals surface area contributed by atoms with Gasteiger partial charge in [-0.05, 0) is 42.7 Å². The first-order valence-electron chi connectivity index (χ1n) is 9.05. The van der Waals surface area contributed by atoms with Crippen molar-refractivity contribution in [1.82, 2.24) is 10.5 Å². The predicted molar refractivity (Wildman–Crippen MR) is 97.2 cm³/mol. The minimum atomic E-state index is -0.705. The van der Waals surface area contributed by atoms with Crippen molar-refractivity contribution in [2.45, 2.75) is 24.8 Å². The molecule has 0 unspecified atom stereocenters.